The Morgan fingerprint density at radius 3 is 1.19 bits per heavy atom. The molecule has 0 aliphatic carbocycles. The van der Waals surface area contributed by atoms with E-state index in [9.17, 15) is 0 Å². The Bertz CT molecular complexity index is 259. The molecule has 4 N–H and O–H groups in total. The monoisotopic (exact) mass is 288 g/mol. The normalized spacial score (nSPS) is 7.44. The van der Waals surface area contributed by atoms with E-state index in [0.717, 1.165) is 0 Å². The SMILES string of the molecule is O=P(O)(O)O.Oc1ccccc1.[NaH].[NaH].[NaH].[NaH]. The van der Waals surface area contributed by atoms with Gasteiger partial charge in [0, 0.05) is 0 Å². The van der Waals surface area contributed by atoms with Crippen LogP contribution in [-0.4, -0.2) is 138 Å². The fourth-order valence-corrected chi connectivity index (χ4v) is 0.428. The number of phenols is 1. The molecule has 1 rings (SSSR count). The summed E-state index contributed by atoms with van der Waals surface area (Å²) in [6, 6.07) is 8.71. The first-order valence-electron chi connectivity index (χ1n) is 2.92. The Labute approximate surface area is 183 Å². The fraction of sp³-hybridized carbons (Fsp3) is 0. The van der Waals surface area contributed by atoms with Crippen molar-refractivity contribution in [2.24, 2.45) is 0 Å². The molecule has 0 amide bonds. The zero-order valence-electron chi connectivity index (χ0n) is 6.03. The quantitative estimate of drug-likeness (QED) is 0.323. The molecule has 10 heteroatoms. The van der Waals surface area contributed by atoms with Gasteiger partial charge in [-0.15, -0.1) is 0 Å². The second-order valence-electron chi connectivity index (χ2n) is 1.85. The van der Waals surface area contributed by atoms with Gasteiger partial charge in [0.15, 0.2) is 0 Å². The number of hydrogen-bond donors (Lipinski definition) is 4. The first kappa shape index (κ1) is 31.5. The third kappa shape index (κ3) is 36.0. The van der Waals surface area contributed by atoms with Crippen LogP contribution >= 0.6 is 7.82 Å². The summed E-state index contributed by atoms with van der Waals surface area (Å²) in [7, 11) is -4.64. The molecule has 0 bridgehead atoms. The Balaban J connectivity index is -0.0000000419. The molecule has 1 aromatic rings. The van der Waals surface area contributed by atoms with Gasteiger partial charge in [-0.3, -0.25) is 0 Å². The third-order valence-electron chi connectivity index (χ3n) is 0.756. The molecule has 0 aliphatic rings. The van der Waals surface area contributed by atoms with Crippen molar-refractivity contribution in [1.82, 2.24) is 0 Å². The van der Waals surface area contributed by atoms with Crippen LogP contribution in [0.3, 0.4) is 0 Å². The summed E-state index contributed by atoms with van der Waals surface area (Å²) in [5.74, 6) is 0.322. The maximum absolute atomic E-state index is 8.88. The van der Waals surface area contributed by atoms with Crippen molar-refractivity contribution in [2.75, 3.05) is 0 Å². The van der Waals surface area contributed by atoms with Gasteiger partial charge in [0.1, 0.15) is 5.75 Å². The van der Waals surface area contributed by atoms with Crippen LogP contribution in [0.15, 0.2) is 30.3 Å². The van der Waals surface area contributed by atoms with E-state index in [1.165, 1.54) is 0 Å². The van der Waals surface area contributed by atoms with E-state index in [2.05, 4.69) is 0 Å². The number of hydrogen-bond acceptors (Lipinski definition) is 2. The van der Waals surface area contributed by atoms with Crippen LogP contribution in [0, 0.1) is 0 Å². The van der Waals surface area contributed by atoms with Crippen LogP contribution in [0.5, 0.6) is 5.75 Å². The minimum atomic E-state index is -4.64. The van der Waals surface area contributed by atoms with Crippen molar-refractivity contribution in [3.05, 3.63) is 30.3 Å². The van der Waals surface area contributed by atoms with Crippen molar-refractivity contribution in [1.29, 1.82) is 0 Å². The first-order valence-corrected chi connectivity index (χ1v) is 4.48. The van der Waals surface area contributed by atoms with Crippen molar-refractivity contribution in [2.45, 2.75) is 0 Å². The molecule has 0 fully saturated rings. The molecule has 0 unspecified atom stereocenters. The van der Waals surface area contributed by atoms with E-state index in [0.29, 0.717) is 5.75 Å². The van der Waals surface area contributed by atoms with E-state index in [1.807, 2.05) is 6.07 Å². The topological polar surface area (TPSA) is 98.0 Å². The number of benzene rings is 1. The molecule has 1 aromatic carbocycles. The average molecular weight is 288 g/mol. The second-order valence-corrected chi connectivity index (χ2v) is 2.88. The predicted molar refractivity (Wildman–Crippen MR) is 71.0 cm³/mol. The number of para-hydroxylation sites is 1. The molecule has 0 saturated carbocycles. The molecule has 0 spiro atoms. The van der Waals surface area contributed by atoms with Gasteiger partial charge in [-0.1, -0.05) is 18.2 Å². The number of aromatic hydroxyl groups is 1. The molecule has 5 nitrogen and oxygen atoms in total. The van der Waals surface area contributed by atoms with Crippen molar-refractivity contribution >= 4 is 126 Å². The molecule has 0 saturated heterocycles. The second kappa shape index (κ2) is 18.1. The van der Waals surface area contributed by atoms with Gasteiger partial charge >= 0.3 is 126 Å². The van der Waals surface area contributed by atoms with Crippen molar-refractivity contribution < 1.29 is 24.4 Å². The third-order valence-corrected chi connectivity index (χ3v) is 0.756. The summed E-state index contributed by atoms with van der Waals surface area (Å²) in [6.45, 7) is 0. The van der Waals surface area contributed by atoms with Crippen LogP contribution in [0.25, 0.3) is 0 Å². The van der Waals surface area contributed by atoms with Gasteiger partial charge in [-0.2, -0.15) is 0 Å². The van der Waals surface area contributed by atoms with E-state index in [-0.39, 0.29) is 118 Å². The standard InChI is InChI=1S/C6H6O.4Na.H3O4P.4H/c7-6-4-2-1-3-5-6;;;;;1-5(2,3)4;;;;/h1-5,7H;;;;;(H3,1,2,3,4);;;;. The molecule has 0 aliphatic heterocycles. The van der Waals surface area contributed by atoms with Crippen LogP contribution in [0.1, 0.15) is 0 Å². The molecule has 0 aromatic heterocycles. The van der Waals surface area contributed by atoms with E-state index >= 15 is 0 Å². The Morgan fingerprint density at radius 1 is 0.812 bits per heavy atom. The summed E-state index contributed by atoms with van der Waals surface area (Å²) in [5.41, 5.74) is 0. The first-order chi connectivity index (χ1) is 5.39. The summed E-state index contributed by atoms with van der Waals surface area (Å²) < 4.78 is 8.88. The van der Waals surface area contributed by atoms with Crippen LogP contribution < -0.4 is 0 Å². The summed E-state index contributed by atoms with van der Waals surface area (Å²) in [5, 5.41) is 8.63. The van der Waals surface area contributed by atoms with Gasteiger partial charge in [0.2, 0.25) is 0 Å². The predicted octanol–water partition coefficient (Wildman–Crippen LogP) is -2.13. The van der Waals surface area contributed by atoms with Crippen molar-refractivity contribution in [3.8, 4) is 5.75 Å². The Kier molecular flexibility index (Phi) is 35.7. The zero-order chi connectivity index (χ0) is 9.61. The molecular formula is C6H13Na4O5P. The molecule has 76 valence electrons. The number of rotatable bonds is 0. The van der Waals surface area contributed by atoms with E-state index < -0.39 is 7.82 Å². The molecule has 0 heterocycles. The average Bonchev–Trinajstić information content (AvgIpc) is 1.85. The zero-order valence-corrected chi connectivity index (χ0v) is 6.93. The van der Waals surface area contributed by atoms with Gasteiger partial charge in [0.05, 0.1) is 0 Å². The molecular weight excluding hydrogens is 275 g/mol. The molecule has 0 radical (unpaired) electrons. The van der Waals surface area contributed by atoms with Gasteiger partial charge < -0.3 is 19.8 Å². The van der Waals surface area contributed by atoms with Crippen LogP contribution in [-0.2, 0) is 4.57 Å². The van der Waals surface area contributed by atoms with Crippen LogP contribution in [0.4, 0.5) is 0 Å². The summed E-state index contributed by atoms with van der Waals surface area (Å²) in [4.78, 5) is 21.6. The summed E-state index contributed by atoms with van der Waals surface area (Å²) >= 11 is 0. The summed E-state index contributed by atoms with van der Waals surface area (Å²) in [6.07, 6.45) is 0. The molecule has 16 heavy (non-hydrogen) atoms. The maximum atomic E-state index is 8.88. The van der Waals surface area contributed by atoms with E-state index in [4.69, 9.17) is 24.4 Å². The fourth-order valence-electron chi connectivity index (χ4n) is 0.428. The molecule has 0 atom stereocenters. The van der Waals surface area contributed by atoms with Gasteiger partial charge in [-0.05, 0) is 12.1 Å². The Morgan fingerprint density at radius 2 is 1.06 bits per heavy atom. The van der Waals surface area contributed by atoms with Gasteiger partial charge in [0.25, 0.3) is 0 Å². The minimum absolute atomic E-state index is 0. The number of phenolic OH excluding ortho intramolecular Hbond substituents is 1. The van der Waals surface area contributed by atoms with Gasteiger partial charge in [-0.25, -0.2) is 4.57 Å². The van der Waals surface area contributed by atoms with E-state index in [1.54, 1.807) is 24.3 Å². The Hall–Kier alpha value is 3.13. The van der Waals surface area contributed by atoms with Crippen molar-refractivity contribution in [3.63, 3.8) is 0 Å². The van der Waals surface area contributed by atoms with Crippen LogP contribution in [0.2, 0.25) is 0 Å². The number of phosphoric acid groups is 1.